The van der Waals surface area contributed by atoms with Crippen LogP contribution in [-0.4, -0.2) is 50.4 Å². The van der Waals surface area contributed by atoms with Crippen LogP contribution >= 0.6 is 23.2 Å². The minimum absolute atomic E-state index is 0.00341. The van der Waals surface area contributed by atoms with E-state index in [0.717, 1.165) is 15.4 Å². The lowest BCUT2D eigenvalue weighted by Gasteiger charge is -2.34. The predicted molar refractivity (Wildman–Crippen MR) is 168 cm³/mol. The van der Waals surface area contributed by atoms with Crippen LogP contribution in [0.2, 0.25) is 10.0 Å². The molecular weight excluding hydrogens is 597 g/mol. The third-order valence-corrected chi connectivity index (χ3v) is 9.03. The van der Waals surface area contributed by atoms with Crippen LogP contribution in [0.3, 0.4) is 0 Å². The third-order valence-electron chi connectivity index (χ3n) is 6.55. The van der Waals surface area contributed by atoms with Gasteiger partial charge in [-0.15, -0.1) is 0 Å². The summed E-state index contributed by atoms with van der Waals surface area (Å²) in [5, 5.41) is 3.52. The highest BCUT2D eigenvalue weighted by Crippen LogP contribution is 2.34. The summed E-state index contributed by atoms with van der Waals surface area (Å²) < 4.78 is 34.8. The summed E-state index contributed by atoms with van der Waals surface area (Å²) in [6.07, 6.45) is 0. The van der Waals surface area contributed by atoms with E-state index in [1.807, 2.05) is 34.6 Å². The molecule has 2 amide bonds. The second-order valence-corrected chi connectivity index (χ2v) is 13.8. The van der Waals surface area contributed by atoms with Gasteiger partial charge < -0.3 is 15.0 Å². The van der Waals surface area contributed by atoms with Gasteiger partial charge in [-0.25, -0.2) is 8.42 Å². The molecule has 0 aliphatic rings. The topological polar surface area (TPSA) is 96.0 Å². The number of anilines is 1. The maximum atomic E-state index is 14.2. The Bertz CT molecular complexity index is 1530. The van der Waals surface area contributed by atoms with Gasteiger partial charge in [0.2, 0.25) is 11.8 Å². The normalized spacial score (nSPS) is 12.4. The van der Waals surface area contributed by atoms with Crippen molar-refractivity contribution in [1.29, 1.82) is 0 Å². The van der Waals surface area contributed by atoms with Crippen LogP contribution in [0.1, 0.15) is 44.4 Å². The molecule has 0 radical (unpaired) electrons. The van der Waals surface area contributed by atoms with Crippen LogP contribution in [0.5, 0.6) is 5.75 Å². The quantitative estimate of drug-likeness (QED) is 0.289. The summed E-state index contributed by atoms with van der Waals surface area (Å²) >= 11 is 12.9. The van der Waals surface area contributed by atoms with Crippen molar-refractivity contribution in [3.8, 4) is 5.75 Å². The van der Waals surface area contributed by atoms with Gasteiger partial charge in [-0.3, -0.25) is 13.9 Å². The molecule has 0 aliphatic carbocycles. The molecule has 0 heterocycles. The van der Waals surface area contributed by atoms with Gasteiger partial charge in [-0.05, 0) is 83.5 Å². The fourth-order valence-corrected chi connectivity index (χ4v) is 6.19. The molecule has 11 heteroatoms. The molecule has 0 unspecified atom stereocenters. The van der Waals surface area contributed by atoms with Gasteiger partial charge in [-0.1, -0.05) is 53.0 Å². The number of rotatable bonds is 10. The molecule has 3 rings (SSSR count). The molecule has 0 fully saturated rings. The average Bonchev–Trinajstić information content (AvgIpc) is 2.90. The number of sulfonamides is 1. The molecule has 0 spiro atoms. The molecule has 0 saturated heterocycles. The standard InChI is InChI=1S/C31H37Cl2N3O5S/c1-20-11-14-23(15-12-20)42(39,40)36(27-17-21(2)13-16-28(27)41-7)19-29(37)35(22(3)30(38)34-31(4,5)6)18-24-25(32)9-8-10-26(24)33/h8-17,22H,18-19H2,1-7H3,(H,34,38)/t22-/m0/s1. The zero-order chi connectivity index (χ0) is 31.4. The highest BCUT2D eigenvalue weighted by atomic mass is 35.5. The van der Waals surface area contributed by atoms with Crippen LogP contribution in [0.15, 0.2) is 65.6 Å². The maximum absolute atomic E-state index is 14.2. The monoisotopic (exact) mass is 633 g/mol. The Morgan fingerprint density at radius 1 is 0.952 bits per heavy atom. The Kier molecular flexibility index (Phi) is 10.6. The Labute approximate surface area is 258 Å². The molecule has 0 aliphatic heterocycles. The second kappa shape index (κ2) is 13.4. The van der Waals surface area contributed by atoms with Gasteiger partial charge >= 0.3 is 0 Å². The van der Waals surface area contributed by atoms with Gasteiger partial charge in [0.25, 0.3) is 10.0 Å². The number of methoxy groups -OCH3 is 1. The minimum atomic E-state index is -4.26. The lowest BCUT2D eigenvalue weighted by Crippen LogP contribution is -2.54. The molecule has 8 nitrogen and oxygen atoms in total. The summed E-state index contributed by atoms with van der Waals surface area (Å²) in [5.74, 6) is -0.787. The molecular formula is C31H37Cl2N3O5S. The van der Waals surface area contributed by atoms with E-state index >= 15 is 0 Å². The molecule has 3 aromatic rings. The van der Waals surface area contributed by atoms with E-state index < -0.39 is 40.0 Å². The summed E-state index contributed by atoms with van der Waals surface area (Å²) in [4.78, 5) is 28.8. The second-order valence-electron chi connectivity index (χ2n) is 11.1. The number of benzene rings is 3. The number of hydrogen-bond acceptors (Lipinski definition) is 5. The van der Waals surface area contributed by atoms with Gasteiger partial charge in [0.05, 0.1) is 17.7 Å². The van der Waals surface area contributed by atoms with Gasteiger partial charge in [0.1, 0.15) is 18.3 Å². The zero-order valence-corrected chi connectivity index (χ0v) is 27.2. The van der Waals surface area contributed by atoms with E-state index in [1.165, 1.54) is 24.1 Å². The van der Waals surface area contributed by atoms with Crippen LogP contribution in [0.4, 0.5) is 5.69 Å². The number of aryl methyl sites for hydroxylation is 2. The fraction of sp³-hybridized carbons (Fsp3) is 0.355. The number of nitrogens with zero attached hydrogens (tertiary/aromatic N) is 2. The van der Waals surface area contributed by atoms with Crippen molar-refractivity contribution in [3.05, 3.63) is 87.4 Å². The van der Waals surface area contributed by atoms with E-state index in [4.69, 9.17) is 27.9 Å². The number of nitrogens with one attached hydrogen (secondary N) is 1. The number of hydrogen-bond donors (Lipinski definition) is 1. The van der Waals surface area contributed by atoms with Crippen molar-refractivity contribution in [2.45, 2.75) is 64.6 Å². The Morgan fingerprint density at radius 2 is 1.52 bits per heavy atom. The lowest BCUT2D eigenvalue weighted by molar-refractivity contribution is -0.140. The van der Waals surface area contributed by atoms with Crippen molar-refractivity contribution in [2.75, 3.05) is 18.0 Å². The first-order valence-electron chi connectivity index (χ1n) is 13.3. The van der Waals surface area contributed by atoms with E-state index in [9.17, 15) is 18.0 Å². The molecule has 0 saturated carbocycles. The molecule has 226 valence electrons. The van der Waals surface area contributed by atoms with Crippen molar-refractivity contribution < 1.29 is 22.7 Å². The first-order chi connectivity index (χ1) is 19.5. The SMILES string of the molecule is COc1ccc(C)cc1N(CC(=O)N(Cc1c(Cl)cccc1Cl)[C@@H](C)C(=O)NC(C)(C)C)S(=O)(=O)c1ccc(C)cc1. The zero-order valence-electron chi connectivity index (χ0n) is 24.9. The molecule has 42 heavy (non-hydrogen) atoms. The first-order valence-corrected chi connectivity index (χ1v) is 15.5. The highest BCUT2D eigenvalue weighted by molar-refractivity contribution is 7.92. The lowest BCUT2D eigenvalue weighted by atomic mass is 10.1. The van der Waals surface area contributed by atoms with E-state index in [1.54, 1.807) is 55.5 Å². The van der Waals surface area contributed by atoms with E-state index in [-0.39, 0.29) is 22.9 Å². The van der Waals surface area contributed by atoms with Crippen LogP contribution < -0.4 is 14.4 Å². The molecule has 3 aromatic carbocycles. The molecule has 1 atom stereocenters. The maximum Gasteiger partial charge on any atom is 0.264 e. The largest absolute Gasteiger partial charge is 0.495 e. The Hall–Kier alpha value is -3.27. The van der Waals surface area contributed by atoms with Crippen LogP contribution in [-0.2, 0) is 26.2 Å². The minimum Gasteiger partial charge on any atom is -0.495 e. The van der Waals surface area contributed by atoms with Gasteiger partial charge in [0, 0.05) is 27.7 Å². The summed E-state index contributed by atoms with van der Waals surface area (Å²) in [7, 11) is -2.83. The first kappa shape index (κ1) is 33.2. The number of ether oxygens (including phenoxy) is 1. The molecule has 0 aromatic heterocycles. The summed E-state index contributed by atoms with van der Waals surface area (Å²) in [6.45, 7) is 9.98. The van der Waals surface area contributed by atoms with Gasteiger partial charge in [-0.2, -0.15) is 0 Å². The molecule has 0 bridgehead atoms. The third kappa shape index (κ3) is 7.96. The Morgan fingerprint density at radius 3 is 2.07 bits per heavy atom. The van der Waals surface area contributed by atoms with Gasteiger partial charge in [0.15, 0.2) is 0 Å². The van der Waals surface area contributed by atoms with Crippen LogP contribution in [0, 0.1) is 13.8 Å². The van der Waals surface area contributed by atoms with Crippen LogP contribution in [0.25, 0.3) is 0 Å². The van der Waals surface area contributed by atoms with Crippen molar-refractivity contribution >= 4 is 50.7 Å². The Balaban J connectivity index is 2.15. The number of carbonyl (C=O) groups is 2. The highest BCUT2D eigenvalue weighted by Gasteiger charge is 2.35. The van der Waals surface area contributed by atoms with E-state index in [0.29, 0.717) is 15.6 Å². The van der Waals surface area contributed by atoms with Crippen molar-refractivity contribution in [2.24, 2.45) is 0 Å². The number of carbonyl (C=O) groups excluding carboxylic acids is 2. The molecule has 1 N–H and O–H groups in total. The van der Waals surface area contributed by atoms with E-state index in [2.05, 4.69) is 5.32 Å². The fourth-order valence-electron chi connectivity index (χ4n) is 4.26. The summed E-state index contributed by atoms with van der Waals surface area (Å²) in [6, 6.07) is 15.4. The predicted octanol–water partition coefficient (Wildman–Crippen LogP) is 6.15. The number of amides is 2. The number of halogens is 2. The average molecular weight is 635 g/mol. The smallest absolute Gasteiger partial charge is 0.264 e. The van der Waals surface area contributed by atoms with Crippen molar-refractivity contribution in [1.82, 2.24) is 10.2 Å². The van der Waals surface area contributed by atoms with Crippen molar-refractivity contribution in [3.63, 3.8) is 0 Å². The summed E-state index contributed by atoms with van der Waals surface area (Å²) in [5.41, 5.74) is 1.70.